The number of fused-ring (bicyclic) bond motifs is 1. The van der Waals surface area contributed by atoms with E-state index in [0.29, 0.717) is 17.5 Å². The standard InChI is InChI=1S/C20H20O3/c1-3-17(21)19(2)13-14-9-7-8-12-16(14)18(22)20(19,23)15-10-5-4-6-11-15/h4-12,23H,3,13H2,1-2H3/t19-,20+/m1/s1. The summed E-state index contributed by atoms with van der Waals surface area (Å²) >= 11 is 0. The number of carbonyl (C=O) groups excluding carboxylic acids is 2. The molecule has 0 heterocycles. The number of hydrogen-bond acceptors (Lipinski definition) is 3. The summed E-state index contributed by atoms with van der Waals surface area (Å²) in [7, 11) is 0. The molecule has 0 aromatic heterocycles. The molecule has 2 aromatic carbocycles. The molecule has 1 N–H and O–H groups in total. The highest BCUT2D eigenvalue weighted by Gasteiger charge is 2.59. The summed E-state index contributed by atoms with van der Waals surface area (Å²) in [6.07, 6.45) is 0.633. The van der Waals surface area contributed by atoms with Crippen LogP contribution >= 0.6 is 0 Å². The van der Waals surface area contributed by atoms with Gasteiger partial charge in [0.05, 0.1) is 5.41 Å². The number of Topliss-reactive ketones (excluding diaryl/α,β-unsaturated/α-hetero) is 2. The first-order valence-electron chi connectivity index (χ1n) is 7.89. The van der Waals surface area contributed by atoms with E-state index in [9.17, 15) is 14.7 Å². The number of aliphatic hydroxyl groups is 1. The number of hydrogen-bond donors (Lipinski definition) is 1. The maximum atomic E-state index is 13.2. The molecule has 1 aliphatic carbocycles. The van der Waals surface area contributed by atoms with Crippen LogP contribution in [0.1, 0.15) is 41.8 Å². The zero-order valence-corrected chi connectivity index (χ0v) is 13.4. The van der Waals surface area contributed by atoms with Crippen molar-refractivity contribution in [2.24, 2.45) is 5.41 Å². The van der Waals surface area contributed by atoms with E-state index in [2.05, 4.69) is 0 Å². The molecule has 0 fully saturated rings. The molecule has 0 unspecified atom stereocenters. The topological polar surface area (TPSA) is 54.4 Å². The molecule has 0 aliphatic heterocycles. The van der Waals surface area contributed by atoms with E-state index in [0.717, 1.165) is 5.56 Å². The smallest absolute Gasteiger partial charge is 0.200 e. The van der Waals surface area contributed by atoms with Crippen LogP contribution in [0.25, 0.3) is 0 Å². The van der Waals surface area contributed by atoms with Gasteiger partial charge in [-0.2, -0.15) is 0 Å². The Kier molecular flexibility index (Phi) is 3.69. The van der Waals surface area contributed by atoms with Gasteiger partial charge in [0, 0.05) is 12.0 Å². The second-order valence-electron chi connectivity index (χ2n) is 6.35. The Labute approximate surface area is 136 Å². The van der Waals surface area contributed by atoms with Gasteiger partial charge in [-0.15, -0.1) is 0 Å². The van der Waals surface area contributed by atoms with E-state index in [4.69, 9.17) is 0 Å². The minimum Gasteiger partial charge on any atom is -0.376 e. The molecule has 0 radical (unpaired) electrons. The molecular formula is C20H20O3. The van der Waals surface area contributed by atoms with Crippen LogP contribution in [-0.4, -0.2) is 16.7 Å². The molecule has 1 aliphatic rings. The van der Waals surface area contributed by atoms with Gasteiger partial charge in [-0.3, -0.25) is 9.59 Å². The Morgan fingerprint density at radius 1 is 1.09 bits per heavy atom. The van der Waals surface area contributed by atoms with E-state index in [1.807, 2.05) is 18.2 Å². The largest absolute Gasteiger partial charge is 0.376 e. The summed E-state index contributed by atoms with van der Waals surface area (Å²) in [5.74, 6) is -0.499. The van der Waals surface area contributed by atoms with E-state index in [1.54, 1.807) is 50.2 Å². The van der Waals surface area contributed by atoms with E-state index in [-0.39, 0.29) is 12.2 Å². The van der Waals surface area contributed by atoms with Crippen molar-refractivity contribution in [3.05, 3.63) is 71.3 Å². The molecule has 0 saturated carbocycles. The quantitative estimate of drug-likeness (QED) is 0.946. The Bertz CT molecular complexity index is 765. The third-order valence-electron chi connectivity index (χ3n) is 5.06. The Morgan fingerprint density at radius 3 is 2.35 bits per heavy atom. The summed E-state index contributed by atoms with van der Waals surface area (Å²) in [5.41, 5.74) is -1.21. The first kappa shape index (κ1) is 15.6. The minimum atomic E-state index is -1.84. The third kappa shape index (κ3) is 2.07. The average molecular weight is 308 g/mol. The number of carbonyl (C=O) groups is 2. The summed E-state index contributed by atoms with van der Waals surface area (Å²) in [6.45, 7) is 3.48. The molecule has 23 heavy (non-hydrogen) atoms. The first-order valence-corrected chi connectivity index (χ1v) is 7.89. The summed E-state index contributed by atoms with van der Waals surface area (Å²) < 4.78 is 0. The van der Waals surface area contributed by atoms with E-state index < -0.39 is 16.8 Å². The van der Waals surface area contributed by atoms with Crippen molar-refractivity contribution in [1.29, 1.82) is 0 Å². The molecule has 3 rings (SSSR count). The highest BCUT2D eigenvalue weighted by Crippen LogP contribution is 2.49. The average Bonchev–Trinajstić information content (AvgIpc) is 2.59. The molecule has 3 nitrogen and oxygen atoms in total. The zero-order chi connectivity index (χ0) is 16.7. The highest BCUT2D eigenvalue weighted by atomic mass is 16.3. The molecular weight excluding hydrogens is 288 g/mol. The molecule has 0 saturated heterocycles. The summed E-state index contributed by atoms with van der Waals surface area (Å²) in [5, 5.41) is 11.5. The monoisotopic (exact) mass is 308 g/mol. The number of ketones is 2. The van der Waals surface area contributed by atoms with Gasteiger partial charge in [-0.05, 0) is 24.5 Å². The van der Waals surface area contributed by atoms with E-state index in [1.165, 1.54) is 0 Å². The van der Waals surface area contributed by atoms with Crippen LogP contribution in [0.2, 0.25) is 0 Å². The lowest BCUT2D eigenvalue weighted by atomic mass is 9.57. The fraction of sp³-hybridized carbons (Fsp3) is 0.300. The Hall–Kier alpha value is -2.26. The number of benzene rings is 2. The van der Waals surface area contributed by atoms with Crippen LogP contribution < -0.4 is 0 Å². The maximum Gasteiger partial charge on any atom is 0.200 e. The lowest BCUT2D eigenvalue weighted by Crippen LogP contribution is -2.58. The van der Waals surface area contributed by atoms with Crippen LogP contribution in [0.15, 0.2) is 54.6 Å². The first-order chi connectivity index (χ1) is 10.9. The molecule has 2 atom stereocenters. The molecule has 0 bridgehead atoms. The van der Waals surface area contributed by atoms with Crippen molar-refractivity contribution in [3.63, 3.8) is 0 Å². The summed E-state index contributed by atoms with van der Waals surface area (Å²) in [4.78, 5) is 25.9. The van der Waals surface area contributed by atoms with Gasteiger partial charge in [0.1, 0.15) is 5.78 Å². The second kappa shape index (κ2) is 5.43. The maximum absolute atomic E-state index is 13.2. The molecule has 2 aromatic rings. The molecule has 0 amide bonds. The normalized spacial score (nSPS) is 26.7. The molecule has 0 spiro atoms. The lowest BCUT2D eigenvalue weighted by molar-refractivity contribution is -0.142. The predicted molar refractivity (Wildman–Crippen MR) is 88.2 cm³/mol. The fourth-order valence-electron chi connectivity index (χ4n) is 3.67. The van der Waals surface area contributed by atoms with Crippen LogP contribution in [0.4, 0.5) is 0 Å². The van der Waals surface area contributed by atoms with Gasteiger partial charge < -0.3 is 5.11 Å². The van der Waals surface area contributed by atoms with Crippen LogP contribution in [0, 0.1) is 5.41 Å². The van der Waals surface area contributed by atoms with Crippen molar-refractivity contribution in [2.45, 2.75) is 32.3 Å². The van der Waals surface area contributed by atoms with Crippen molar-refractivity contribution in [3.8, 4) is 0 Å². The predicted octanol–water partition coefficient (Wildman–Crippen LogP) is 3.30. The number of rotatable bonds is 3. The van der Waals surface area contributed by atoms with Gasteiger partial charge in [0.15, 0.2) is 11.4 Å². The van der Waals surface area contributed by atoms with Crippen LogP contribution in [-0.2, 0) is 16.8 Å². The van der Waals surface area contributed by atoms with Gasteiger partial charge in [0.25, 0.3) is 0 Å². The van der Waals surface area contributed by atoms with E-state index >= 15 is 0 Å². The van der Waals surface area contributed by atoms with Crippen molar-refractivity contribution >= 4 is 11.6 Å². The minimum absolute atomic E-state index is 0.105. The SMILES string of the molecule is CCC(=O)[C@@]1(C)Cc2ccccc2C(=O)[C@@]1(O)c1ccccc1. The fourth-order valence-corrected chi connectivity index (χ4v) is 3.67. The molecule has 3 heteroatoms. The second-order valence-corrected chi connectivity index (χ2v) is 6.35. The van der Waals surface area contributed by atoms with Crippen LogP contribution in [0.3, 0.4) is 0 Å². The van der Waals surface area contributed by atoms with Crippen molar-refractivity contribution in [2.75, 3.05) is 0 Å². The van der Waals surface area contributed by atoms with Gasteiger partial charge in [0.2, 0.25) is 0 Å². The zero-order valence-electron chi connectivity index (χ0n) is 13.4. The van der Waals surface area contributed by atoms with Crippen molar-refractivity contribution < 1.29 is 14.7 Å². The van der Waals surface area contributed by atoms with Gasteiger partial charge in [-0.25, -0.2) is 0 Å². The molecule has 118 valence electrons. The Balaban J connectivity index is 2.29. The van der Waals surface area contributed by atoms with Crippen molar-refractivity contribution in [1.82, 2.24) is 0 Å². The summed E-state index contributed by atoms with van der Waals surface area (Å²) in [6, 6.07) is 16.0. The Morgan fingerprint density at radius 2 is 1.70 bits per heavy atom. The van der Waals surface area contributed by atoms with Crippen LogP contribution in [0.5, 0.6) is 0 Å². The highest BCUT2D eigenvalue weighted by molar-refractivity contribution is 6.09. The lowest BCUT2D eigenvalue weighted by Gasteiger charge is -2.46. The van der Waals surface area contributed by atoms with Gasteiger partial charge in [-0.1, -0.05) is 61.5 Å². The third-order valence-corrected chi connectivity index (χ3v) is 5.06. The van der Waals surface area contributed by atoms with Gasteiger partial charge >= 0.3 is 0 Å².